The first-order valence-corrected chi connectivity index (χ1v) is 11.4. The van der Waals surface area contributed by atoms with E-state index in [1.54, 1.807) is 48.7 Å². The zero-order chi connectivity index (χ0) is 25.9. The molecule has 1 atom stereocenters. The van der Waals surface area contributed by atoms with Crippen LogP contribution in [-0.4, -0.2) is 28.9 Å². The molecule has 0 fully saturated rings. The second-order valence-corrected chi connectivity index (χ2v) is 8.23. The molecule has 0 saturated heterocycles. The van der Waals surface area contributed by atoms with Crippen molar-refractivity contribution in [3.63, 3.8) is 0 Å². The Morgan fingerprint density at radius 1 is 0.838 bits per heavy atom. The van der Waals surface area contributed by atoms with Crippen LogP contribution in [0.1, 0.15) is 17.2 Å². The third kappa shape index (κ3) is 4.74. The molecule has 0 aliphatic heterocycles. The maximum atomic E-state index is 15.1. The molecule has 8 heteroatoms. The van der Waals surface area contributed by atoms with E-state index in [9.17, 15) is 9.90 Å². The van der Waals surface area contributed by atoms with Crippen molar-refractivity contribution in [2.45, 2.75) is 6.10 Å². The topological polar surface area (TPSA) is 82.8 Å². The van der Waals surface area contributed by atoms with E-state index in [2.05, 4.69) is 4.98 Å². The second-order valence-electron chi connectivity index (χ2n) is 8.23. The molecule has 5 rings (SSSR count). The molecule has 1 unspecified atom stereocenters. The average Bonchev–Trinajstić information content (AvgIpc) is 2.93. The van der Waals surface area contributed by atoms with Gasteiger partial charge in [-0.25, -0.2) is 4.39 Å². The summed E-state index contributed by atoms with van der Waals surface area (Å²) >= 11 is 0. The highest BCUT2D eigenvalue weighted by atomic mass is 19.1. The molecule has 0 aliphatic rings. The van der Waals surface area contributed by atoms with E-state index < -0.39 is 17.5 Å². The van der Waals surface area contributed by atoms with Gasteiger partial charge in [0.05, 0.1) is 25.4 Å². The molecule has 0 amide bonds. The fraction of sp³-hybridized carbons (Fsp3) is 0.103. The number of hydrogen-bond acceptors (Lipinski definition) is 6. The fourth-order valence-corrected chi connectivity index (χ4v) is 4.08. The molecule has 0 spiro atoms. The van der Waals surface area contributed by atoms with Gasteiger partial charge in [0.2, 0.25) is 0 Å². The molecule has 0 aliphatic carbocycles. The molecule has 1 N–H and O–H groups in total. The lowest BCUT2D eigenvalue weighted by Gasteiger charge is -2.14. The van der Waals surface area contributed by atoms with Crippen LogP contribution in [-0.2, 0) is 0 Å². The second kappa shape index (κ2) is 10.1. The maximum absolute atomic E-state index is 15.1. The molecule has 3 aromatic carbocycles. The number of aliphatic hydroxyl groups excluding tert-OH is 1. The van der Waals surface area contributed by atoms with Crippen molar-refractivity contribution >= 4 is 10.9 Å². The van der Waals surface area contributed by atoms with Crippen LogP contribution in [0.25, 0.3) is 16.6 Å². The molecule has 0 saturated carbocycles. The number of nitrogens with zero attached hydrogens (tertiary/aromatic N) is 2. The van der Waals surface area contributed by atoms with Crippen LogP contribution in [0.3, 0.4) is 0 Å². The first kappa shape index (κ1) is 24.0. The van der Waals surface area contributed by atoms with Gasteiger partial charge in [0.1, 0.15) is 11.9 Å². The minimum Gasteiger partial charge on any atom is -0.493 e. The van der Waals surface area contributed by atoms with E-state index in [1.807, 2.05) is 18.2 Å². The van der Waals surface area contributed by atoms with Crippen LogP contribution in [0.2, 0.25) is 0 Å². The van der Waals surface area contributed by atoms with Crippen LogP contribution >= 0.6 is 0 Å². The first-order valence-electron chi connectivity index (χ1n) is 11.4. The van der Waals surface area contributed by atoms with Crippen LogP contribution in [0.15, 0.2) is 96.1 Å². The van der Waals surface area contributed by atoms with Crippen molar-refractivity contribution in [3.05, 3.63) is 119 Å². The third-order valence-electron chi connectivity index (χ3n) is 6.00. The quantitative estimate of drug-likeness (QED) is 0.323. The zero-order valence-corrected chi connectivity index (χ0v) is 20.1. The molecule has 0 radical (unpaired) electrons. The largest absolute Gasteiger partial charge is 0.493 e. The lowest BCUT2D eigenvalue weighted by atomic mass is 10.0. The highest BCUT2D eigenvalue weighted by molar-refractivity contribution is 5.88. The van der Waals surface area contributed by atoms with E-state index in [0.717, 1.165) is 0 Å². The Morgan fingerprint density at radius 2 is 1.59 bits per heavy atom. The van der Waals surface area contributed by atoms with Crippen molar-refractivity contribution < 1.29 is 23.7 Å². The molecule has 2 aromatic heterocycles. The Hall–Kier alpha value is -4.69. The van der Waals surface area contributed by atoms with Crippen molar-refractivity contribution in [3.8, 4) is 28.7 Å². The van der Waals surface area contributed by atoms with Crippen LogP contribution < -0.4 is 19.8 Å². The number of methoxy groups -OCH3 is 2. The third-order valence-corrected chi connectivity index (χ3v) is 6.00. The summed E-state index contributed by atoms with van der Waals surface area (Å²) in [7, 11) is 3.06. The molecule has 186 valence electrons. The number of aliphatic hydroxyl groups is 1. The molecule has 0 bridgehead atoms. The van der Waals surface area contributed by atoms with Gasteiger partial charge in [-0.3, -0.25) is 14.3 Å². The molecular weight excluding hydrogens is 475 g/mol. The predicted octanol–water partition coefficient (Wildman–Crippen LogP) is 5.42. The normalized spacial score (nSPS) is 11.8. The summed E-state index contributed by atoms with van der Waals surface area (Å²) in [5.41, 5.74) is 1.64. The number of aromatic nitrogens is 2. The van der Waals surface area contributed by atoms with E-state index in [0.29, 0.717) is 45.0 Å². The summed E-state index contributed by atoms with van der Waals surface area (Å²) in [5, 5.41) is 11.2. The monoisotopic (exact) mass is 498 g/mol. The summed E-state index contributed by atoms with van der Waals surface area (Å²) in [6.07, 6.45) is 2.13. The SMILES string of the molecule is COc1cc2nccc(Oc3ccc(-n4ccc(C(O)c5ccccc5)cc4=O)cc3F)c2cc1OC. The lowest BCUT2D eigenvalue weighted by Crippen LogP contribution is -2.18. The van der Waals surface area contributed by atoms with Gasteiger partial charge in [0.25, 0.3) is 5.56 Å². The number of benzene rings is 3. The van der Waals surface area contributed by atoms with E-state index >= 15 is 4.39 Å². The molecule has 7 nitrogen and oxygen atoms in total. The highest BCUT2D eigenvalue weighted by Crippen LogP contribution is 2.37. The van der Waals surface area contributed by atoms with Gasteiger partial charge in [-0.15, -0.1) is 0 Å². The standard InChI is InChI=1S/C29H23FN2O5/c1-35-26-16-21-23(17-27(26)36-2)31-12-10-24(21)37-25-9-8-20(15-22(25)30)32-13-11-19(14-28(32)33)29(34)18-6-4-3-5-7-18/h3-17,29,34H,1-2H3. The fourth-order valence-electron chi connectivity index (χ4n) is 4.08. The van der Waals surface area contributed by atoms with E-state index in [-0.39, 0.29) is 5.75 Å². The van der Waals surface area contributed by atoms with Crippen LogP contribution in [0.5, 0.6) is 23.0 Å². The Morgan fingerprint density at radius 3 is 2.30 bits per heavy atom. The number of rotatable bonds is 7. The van der Waals surface area contributed by atoms with Gasteiger partial charge in [-0.2, -0.15) is 0 Å². The molecule has 37 heavy (non-hydrogen) atoms. The molecule has 5 aromatic rings. The van der Waals surface area contributed by atoms with Crippen LogP contribution in [0, 0.1) is 5.82 Å². The Kier molecular flexibility index (Phi) is 6.57. The van der Waals surface area contributed by atoms with Gasteiger partial charge in [-0.05, 0) is 41.5 Å². The van der Waals surface area contributed by atoms with E-state index in [4.69, 9.17) is 14.2 Å². The molecular formula is C29H23FN2O5. The zero-order valence-electron chi connectivity index (χ0n) is 20.1. The van der Waals surface area contributed by atoms with Gasteiger partial charge in [-0.1, -0.05) is 30.3 Å². The van der Waals surface area contributed by atoms with Gasteiger partial charge >= 0.3 is 0 Å². The Bertz CT molecular complexity index is 1640. The van der Waals surface area contributed by atoms with Crippen molar-refractivity contribution in [2.24, 2.45) is 0 Å². The average molecular weight is 499 g/mol. The number of hydrogen-bond donors (Lipinski definition) is 1. The smallest absolute Gasteiger partial charge is 0.255 e. The summed E-state index contributed by atoms with van der Waals surface area (Å²) in [4.78, 5) is 17.1. The summed E-state index contributed by atoms with van der Waals surface area (Å²) in [6, 6.07) is 21.3. The Balaban J connectivity index is 1.43. The lowest BCUT2D eigenvalue weighted by molar-refractivity contribution is 0.220. The van der Waals surface area contributed by atoms with Crippen LogP contribution in [0.4, 0.5) is 4.39 Å². The van der Waals surface area contributed by atoms with Gasteiger partial charge < -0.3 is 19.3 Å². The number of ether oxygens (including phenoxy) is 3. The Labute approximate surface area is 211 Å². The van der Waals surface area contributed by atoms with Crippen molar-refractivity contribution in [1.29, 1.82) is 0 Å². The van der Waals surface area contributed by atoms with Gasteiger partial charge in [0, 0.05) is 36.0 Å². The highest BCUT2D eigenvalue weighted by Gasteiger charge is 2.15. The number of fused-ring (bicyclic) bond motifs is 1. The predicted molar refractivity (Wildman–Crippen MR) is 137 cm³/mol. The van der Waals surface area contributed by atoms with E-state index in [1.165, 1.54) is 43.2 Å². The summed E-state index contributed by atoms with van der Waals surface area (Å²) < 4.78 is 33.0. The summed E-state index contributed by atoms with van der Waals surface area (Å²) in [5.74, 6) is 0.722. The number of pyridine rings is 2. The molecule has 2 heterocycles. The maximum Gasteiger partial charge on any atom is 0.255 e. The van der Waals surface area contributed by atoms with Crippen molar-refractivity contribution in [2.75, 3.05) is 14.2 Å². The van der Waals surface area contributed by atoms with Gasteiger partial charge in [0.15, 0.2) is 23.1 Å². The minimum absolute atomic E-state index is 0.0183. The van der Waals surface area contributed by atoms with Crippen molar-refractivity contribution in [1.82, 2.24) is 9.55 Å². The number of halogens is 1. The minimum atomic E-state index is -0.940. The summed E-state index contributed by atoms with van der Waals surface area (Å²) in [6.45, 7) is 0. The first-order chi connectivity index (χ1) is 18.0.